The van der Waals surface area contributed by atoms with Crippen LogP contribution >= 0.6 is 22.9 Å². The SMILES string of the molecule is COCCN(c1nc(Cl)nc2sc(C)cc12)C(C)C1CC1. The van der Waals surface area contributed by atoms with Crippen LogP contribution in [-0.4, -0.2) is 36.3 Å². The number of hydrogen-bond donors (Lipinski definition) is 0. The van der Waals surface area contributed by atoms with Gasteiger partial charge in [-0.25, -0.2) is 4.98 Å². The largest absolute Gasteiger partial charge is 0.383 e. The van der Waals surface area contributed by atoms with Crippen LogP contribution in [0.25, 0.3) is 10.2 Å². The normalized spacial score (nSPS) is 16.4. The fraction of sp³-hybridized carbons (Fsp3) is 0.600. The molecular weight excluding hydrogens is 306 g/mol. The number of anilines is 1. The van der Waals surface area contributed by atoms with E-state index in [0.29, 0.717) is 17.9 Å². The first-order valence-electron chi connectivity index (χ1n) is 7.29. The fourth-order valence-corrected chi connectivity index (χ4v) is 3.83. The number of aryl methyl sites for hydroxylation is 1. The fourth-order valence-electron chi connectivity index (χ4n) is 2.75. The summed E-state index contributed by atoms with van der Waals surface area (Å²) in [6.07, 6.45) is 2.60. The molecule has 1 atom stereocenters. The van der Waals surface area contributed by atoms with Crippen LogP contribution in [0.4, 0.5) is 5.82 Å². The molecule has 0 N–H and O–H groups in total. The molecule has 0 bridgehead atoms. The molecule has 0 aliphatic heterocycles. The maximum absolute atomic E-state index is 6.14. The van der Waals surface area contributed by atoms with E-state index in [9.17, 15) is 0 Å². The lowest BCUT2D eigenvalue weighted by atomic mass is 10.1. The van der Waals surface area contributed by atoms with E-state index in [1.54, 1.807) is 18.4 Å². The molecule has 1 unspecified atom stereocenters. The molecule has 6 heteroatoms. The third-order valence-corrected chi connectivity index (χ3v) is 5.19. The topological polar surface area (TPSA) is 38.2 Å². The third kappa shape index (κ3) is 3.15. The summed E-state index contributed by atoms with van der Waals surface area (Å²) in [5, 5.41) is 1.43. The number of hydrogen-bond acceptors (Lipinski definition) is 5. The van der Waals surface area contributed by atoms with Gasteiger partial charge in [0.2, 0.25) is 5.28 Å². The molecule has 1 fully saturated rings. The van der Waals surface area contributed by atoms with Crippen LogP contribution in [0.1, 0.15) is 24.6 Å². The lowest BCUT2D eigenvalue weighted by Crippen LogP contribution is -2.38. The van der Waals surface area contributed by atoms with Crippen molar-refractivity contribution < 1.29 is 4.74 Å². The summed E-state index contributed by atoms with van der Waals surface area (Å²) in [6.45, 7) is 5.87. The van der Waals surface area contributed by atoms with Gasteiger partial charge >= 0.3 is 0 Å². The Balaban J connectivity index is 2.04. The second-order valence-electron chi connectivity index (χ2n) is 5.66. The average Bonchev–Trinajstić information content (AvgIpc) is 3.21. The number of ether oxygens (including phenoxy) is 1. The number of methoxy groups -OCH3 is 1. The first-order valence-corrected chi connectivity index (χ1v) is 8.49. The molecule has 1 aliphatic carbocycles. The van der Waals surface area contributed by atoms with Crippen LogP contribution in [0.15, 0.2) is 6.07 Å². The van der Waals surface area contributed by atoms with E-state index in [2.05, 4.69) is 34.8 Å². The molecule has 1 saturated carbocycles. The van der Waals surface area contributed by atoms with Crippen molar-refractivity contribution in [3.05, 3.63) is 16.2 Å². The number of rotatable bonds is 6. The summed E-state index contributed by atoms with van der Waals surface area (Å²) in [5.74, 6) is 1.70. The molecule has 114 valence electrons. The highest BCUT2D eigenvalue weighted by molar-refractivity contribution is 7.18. The lowest BCUT2D eigenvalue weighted by molar-refractivity contribution is 0.202. The van der Waals surface area contributed by atoms with E-state index < -0.39 is 0 Å². The molecule has 1 aliphatic rings. The van der Waals surface area contributed by atoms with E-state index in [1.165, 1.54) is 17.7 Å². The zero-order valence-electron chi connectivity index (χ0n) is 12.6. The van der Waals surface area contributed by atoms with Gasteiger partial charge in [-0.2, -0.15) is 4.98 Å². The molecule has 21 heavy (non-hydrogen) atoms. The number of nitrogens with zero attached hydrogens (tertiary/aromatic N) is 3. The summed E-state index contributed by atoms with van der Waals surface area (Å²) >= 11 is 7.80. The summed E-state index contributed by atoms with van der Waals surface area (Å²) in [7, 11) is 1.73. The van der Waals surface area contributed by atoms with E-state index in [1.807, 2.05) is 0 Å². The van der Waals surface area contributed by atoms with Crippen molar-refractivity contribution in [1.29, 1.82) is 0 Å². The lowest BCUT2D eigenvalue weighted by Gasteiger charge is -2.30. The van der Waals surface area contributed by atoms with Gasteiger partial charge in [-0.15, -0.1) is 11.3 Å². The van der Waals surface area contributed by atoms with Crippen molar-refractivity contribution in [2.45, 2.75) is 32.7 Å². The van der Waals surface area contributed by atoms with Crippen molar-refractivity contribution in [3.63, 3.8) is 0 Å². The van der Waals surface area contributed by atoms with Crippen molar-refractivity contribution >= 4 is 39.0 Å². The van der Waals surface area contributed by atoms with Crippen LogP contribution in [0.2, 0.25) is 5.28 Å². The molecule has 2 heterocycles. The van der Waals surface area contributed by atoms with Gasteiger partial charge in [0.05, 0.1) is 12.0 Å². The Morgan fingerprint density at radius 2 is 2.24 bits per heavy atom. The van der Waals surface area contributed by atoms with Crippen LogP contribution in [-0.2, 0) is 4.74 Å². The Labute approximate surface area is 134 Å². The standard InChI is InChI=1S/C15H20ClN3OS/c1-9-8-12-13(17-15(16)18-14(12)21-9)19(6-7-20-3)10(2)11-4-5-11/h8,10-11H,4-7H2,1-3H3. The predicted octanol–water partition coefficient (Wildman–Crippen LogP) is 3.90. The minimum Gasteiger partial charge on any atom is -0.383 e. The zero-order valence-corrected chi connectivity index (χ0v) is 14.2. The smallest absolute Gasteiger partial charge is 0.225 e. The Bertz CT molecular complexity index is 641. The van der Waals surface area contributed by atoms with Gasteiger partial charge in [-0.1, -0.05) is 0 Å². The van der Waals surface area contributed by atoms with Crippen LogP contribution < -0.4 is 4.90 Å². The van der Waals surface area contributed by atoms with Crippen LogP contribution in [0.5, 0.6) is 0 Å². The maximum atomic E-state index is 6.14. The second kappa shape index (κ2) is 6.07. The summed E-state index contributed by atoms with van der Waals surface area (Å²) in [4.78, 5) is 13.4. The maximum Gasteiger partial charge on any atom is 0.225 e. The molecule has 0 amide bonds. The molecule has 0 radical (unpaired) electrons. The van der Waals surface area contributed by atoms with Gasteiger partial charge in [-0.3, -0.25) is 0 Å². The van der Waals surface area contributed by atoms with Gasteiger partial charge in [-0.05, 0) is 50.3 Å². The van der Waals surface area contributed by atoms with E-state index >= 15 is 0 Å². The molecule has 0 spiro atoms. The summed E-state index contributed by atoms with van der Waals surface area (Å²) < 4.78 is 5.28. The van der Waals surface area contributed by atoms with Crippen molar-refractivity contribution in [2.75, 3.05) is 25.2 Å². The molecule has 0 saturated heterocycles. The Morgan fingerprint density at radius 1 is 1.48 bits per heavy atom. The van der Waals surface area contributed by atoms with Gasteiger partial charge < -0.3 is 9.64 Å². The zero-order chi connectivity index (χ0) is 15.0. The van der Waals surface area contributed by atoms with Gasteiger partial charge in [0.1, 0.15) is 10.6 Å². The van der Waals surface area contributed by atoms with Crippen molar-refractivity contribution in [2.24, 2.45) is 5.92 Å². The number of fused-ring (bicyclic) bond motifs is 1. The Morgan fingerprint density at radius 3 is 2.90 bits per heavy atom. The van der Waals surface area contributed by atoms with E-state index in [-0.39, 0.29) is 0 Å². The quantitative estimate of drug-likeness (QED) is 0.755. The van der Waals surface area contributed by atoms with Crippen LogP contribution in [0.3, 0.4) is 0 Å². The molecule has 3 rings (SSSR count). The highest BCUT2D eigenvalue weighted by Gasteiger charge is 2.33. The molecule has 2 aromatic heterocycles. The first kappa shape index (κ1) is 15.0. The second-order valence-corrected chi connectivity index (χ2v) is 7.23. The third-order valence-electron chi connectivity index (χ3n) is 4.07. The van der Waals surface area contributed by atoms with Gasteiger partial charge in [0.15, 0.2) is 0 Å². The summed E-state index contributed by atoms with van der Waals surface area (Å²) in [6, 6.07) is 2.61. The molecule has 2 aromatic rings. The summed E-state index contributed by atoms with van der Waals surface area (Å²) in [5.41, 5.74) is 0. The number of thiophene rings is 1. The minimum atomic E-state index is 0.324. The number of aromatic nitrogens is 2. The van der Waals surface area contributed by atoms with Crippen molar-refractivity contribution in [3.8, 4) is 0 Å². The highest BCUT2D eigenvalue weighted by Crippen LogP contribution is 2.39. The minimum absolute atomic E-state index is 0.324. The highest BCUT2D eigenvalue weighted by atomic mass is 35.5. The van der Waals surface area contributed by atoms with Gasteiger partial charge in [0.25, 0.3) is 0 Å². The van der Waals surface area contributed by atoms with Gasteiger partial charge in [0, 0.05) is 24.6 Å². The number of halogens is 1. The van der Waals surface area contributed by atoms with E-state index in [4.69, 9.17) is 16.3 Å². The predicted molar refractivity (Wildman–Crippen MR) is 88.6 cm³/mol. The van der Waals surface area contributed by atoms with Crippen molar-refractivity contribution in [1.82, 2.24) is 9.97 Å². The molecule has 4 nitrogen and oxygen atoms in total. The molecular formula is C15H20ClN3OS. The van der Waals surface area contributed by atoms with E-state index in [0.717, 1.165) is 28.5 Å². The Hall–Kier alpha value is -0.910. The first-order chi connectivity index (χ1) is 10.1. The average molecular weight is 326 g/mol. The van der Waals surface area contributed by atoms with Crippen LogP contribution in [0, 0.1) is 12.8 Å². The Kier molecular flexibility index (Phi) is 4.33. The molecule has 0 aromatic carbocycles. The monoisotopic (exact) mass is 325 g/mol.